The Morgan fingerprint density at radius 1 is 1.27 bits per heavy atom. The highest BCUT2D eigenvalue weighted by Gasteiger charge is 2.28. The van der Waals surface area contributed by atoms with Crippen LogP contribution >= 0.6 is 0 Å². The zero-order chi connectivity index (χ0) is 18.5. The third-order valence-electron chi connectivity index (χ3n) is 4.75. The monoisotopic (exact) mass is 355 g/mol. The molecule has 0 bridgehead atoms. The third-order valence-corrected chi connectivity index (χ3v) is 4.75. The predicted molar refractivity (Wildman–Crippen MR) is 104 cm³/mol. The van der Waals surface area contributed by atoms with Crippen LogP contribution < -0.4 is 4.90 Å². The maximum Gasteiger partial charge on any atom is 0.163 e. The lowest BCUT2D eigenvalue weighted by molar-refractivity contribution is 0.128. The quantitative estimate of drug-likeness (QED) is 0.858. The molecular weight excluding hydrogens is 326 g/mol. The molecule has 1 aliphatic rings. The first-order chi connectivity index (χ1) is 12.6. The normalized spacial score (nSPS) is 18.5. The molecule has 0 spiro atoms. The Balaban J connectivity index is 1.81. The Labute approximate surface area is 155 Å². The molecule has 3 heterocycles. The Hall–Kier alpha value is -2.05. The van der Waals surface area contributed by atoms with E-state index in [2.05, 4.69) is 33.6 Å². The fraction of sp³-hybridized carbons (Fsp3) is 0.550. The lowest BCUT2D eigenvalue weighted by atomic mass is 10.1. The minimum Gasteiger partial charge on any atom is -0.396 e. The SMILES string of the molecule is Cc1cc(N2CCN(CC(C)C)[C@H](CCO)C2)nc(-c2cccnc2)n1. The fourth-order valence-corrected chi connectivity index (χ4v) is 3.57. The molecular formula is C20H29N5O. The molecule has 1 atom stereocenters. The van der Waals surface area contributed by atoms with Gasteiger partial charge in [0.25, 0.3) is 0 Å². The van der Waals surface area contributed by atoms with Crippen LogP contribution in [0.15, 0.2) is 30.6 Å². The van der Waals surface area contributed by atoms with Crippen LogP contribution in [-0.4, -0.2) is 63.8 Å². The van der Waals surface area contributed by atoms with Crippen molar-refractivity contribution in [1.82, 2.24) is 19.9 Å². The maximum absolute atomic E-state index is 9.49. The van der Waals surface area contributed by atoms with Gasteiger partial charge in [-0.2, -0.15) is 0 Å². The van der Waals surface area contributed by atoms with Gasteiger partial charge in [-0.1, -0.05) is 13.8 Å². The van der Waals surface area contributed by atoms with Crippen molar-refractivity contribution in [2.45, 2.75) is 33.2 Å². The summed E-state index contributed by atoms with van der Waals surface area (Å²) in [5.41, 5.74) is 1.89. The second kappa shape index (κ2) is 8.56. The fourth-order valence-electron chi connectivity index (χ4n) is 3.57. The standard InChI is InChI=1S/C20H29N5O/c1-15(2)13-24-8-9-25(14-18(24)6-10-26)19-11-16(3)22-20(23-19)17-5-4-7-21-12-17/h4-5,7,11-12,15,18,26H,6,8-10,13-14H2,1-3H3/t18-/m1/s1. The van der Waals surface area contributed by atoms with Crippen LogP contribution in [0.5, 0.6) is 0 Å². The van der Waals surface area contributed by atoms with Crippen LogP contribution in [0.4, 0.5) is 5.82 Å². The van der Waals surface area contributed by atoms with Crippen molar-refractivity contribution < 1.29 is 5.11 Å². The molecule has 1 N–H and O–H groups in total. The molecule has 140 valence electrons. The van der Waals surface area contributed by atoms with E-state index >= 15 is 0 Å². The van der Waals surface area contributed by atoms with E-state index in [9.17, 15) is 5.11 Å². The van der Waals surface area contributed by atoms with E-state index < -0.39 is 0 Å². The number of hydrogen-bond acceptors (Lipinski definition) is 6. The van der Waals surface area contributed by atoms with Gasteiger partial charge in [-0.25, -0.2) is 9.97 Å². The number of pyridine rings is 1. The number of hydrogen-bond donors (Lipinski definition) is 1. The van der Waals surface area contributed by atoms with Crippen LogP contribution in [0.25, 0.3) is 11.4 Å². The van der Waals surface area contributed by atoms with Crippen molar-refractivity contribution in [3.05, 3.63) is 36.3 Å². The number of nitrogens with zero attached hydrogens (tertiary/aromatic N) is 5. The molecule has 0 aliphatic carbocycles. The third kappa shape index (κ3) is 4.56. The summed E-state index contributed by atoms with van der Waals surface area (Å²) in [6, 6.07) is 6.30. The minimum atomic E-state index is 0.219. The lowest BCUT2D eigenvalue weighted by Gasteiger charge is -2.42. The summed E-state index contributed by atoms with van der Waals surface area (Å²) >= 11 is 0. The highest BCUT2D eigenvalue weighted by atomic mass is 16.3. The Morgan fingerprint density at radius 3 is 2.81 bits per heavy atom. The Morgan fingerprint density at radius 2 is 2.12 bits per heavy atom. The maximum atomic E-state index is 9.49. The average Bonchev–Trinajstić information content (AvgIpc) is 2.63. The molecule has 2 aromatic rings. The van der Waals surface area contributed by atoms with Gasteiger partial charge in [0, 0.05) is 68.5 Å². The summed E-state index contributed by atoms with van der Waals surface area (Å²) in [5.74, 6) is 2.31. The van der Waals surface area contributed by atoms with Crippen LogP contribution in [0.2, 0.25) is 0 Å². The highest BCUT2D eigenvalue weighted by Crippen LogP contribution is 2.23. The van der Waals surface area contributed by atoms with E-state index in [1.54, 1.807) is 12.4 Å². The number of aromatic nitrogens is 3. The molecule has 1 fully saturated rings. The highest BCUT2D eigenvalue weighted by molar-refractivity contribution is 5.56. The van der Waals surface area contributed by atoms with E-state index in [0.717, 1.165) is 55.5 Å². The van der Waals surface area contributed by atoms with E-state index in [1.807, 2.05) is 25.1 Å². The van der Waals surface area contributed by atoms with Crippen LogP contribution in [0.1, 0.15) is 26.0 Å². The number of aryl methyl sites for hydroxylation is 1. The van der Waals surface area contributed by atoms with E-state index in [0.29, 0.717) is 12.0 Å². The van der Waals surface area contributed by atoms with Crippen molar-refractivity contribution in [2.75, 3.05) is 37.7 Å². The second-order valence-corrected chi connectivity index (χ2v) is 7.43. The molecule has 3 rings (SSSR count). The molecule has 6 nitrogen and oxygen atoms in total. The molecule has 1 saturated heterocycles. The Kier molecular flexibility index (Phi) is 6.16. The smallest absolute Gasteiger partial charge is 0.163 e. The van der Waals surface area contributed by atoms with Gasteiger partial charge in [0.15, 0.2) is 5.82 Å². The first kappa shape index (κ1) is 18.7. The van der Waals surface area contributed by atoms with Gasteiger partial charge in [-0.3, -0.25) is 9.88 Å². The molecule has 26 heavy (non-hydrogen) atoms. The van der Waals surface area contributed by atoms with Crippen molar-refractivity contribution in [3.8, 4) is 11.4 Å². The summed E-state index contributed by atoms with van der Waals surface area (Å²) in [4.78, 5) is 18.4. The number of aliphatic hydroxyl groups is 1. The van der Waals surface area contributed by atoms with Crippen molar-refractivity contribution in [3.63, 3.8) is 0 Å². The lowest BCUT2D eigenvalue weighted by Crippen LogP contribution is -2.54. The molecule has 0 aromatic carbocycles. The topological polar surface area (TPSA) is 65.4 Å². The molecule has 6 heteroatoms. The molecule has 2 aromatic heterocycles. The van der Waals surface area contributed by atoms with Gasteiger partial charge in [-0.05, 0) is 31.4 Å². The molecule has 0 amide bonds. The summed E-state index contributed by atoms with van der Waals surface area (Å²) in [6.45, 7) is 10.6. The summed E-state index contributed by atoms with van der Waals surface area (Å²) in [7, 11) is 0. The van der Waals surface area contributed by atoms with Crippen LogP contribution in [0, 0.1) is 12.8 Å². The van der Waals surface area contributed by atoms with Crippen molar-refractivity contribution in [1.29, 1.82) is 0 Å². The Bertz CT molecular complexity index is 707. The van der Waals surface area contributed by atoms with E-state index in [4.69, 9.17) is 4.98 Å². The van der Waals surface area contributed by atoms with Crippen LogP contribution in [0.3, 0.4) is 0 Å². The van der Waals surface area contributed by atoms with Gasteiger partial charge in [0.05, 0.1) is 0 Å². The minimum absolute atomic E-state index is 0.219. The van der Waals surface area contributed by atoms with Gasteiger partial charge >= 0.3 is 0 Å². The number of piperazine rings is 1. The number of rotatable bonds is 6. The van der Waals surface area contributed by atoms with E-state index in [-0.39, 0.29) is 6.61 Å². The summed E-state index contributed by atoms with van der Waals surface area (Å²) in [6.07, 6.45) is 4.35. The van der Waals surface area contributed by atoms with Gasteiger partial charge in [0.1, 0.15) is 5.82 Å². The van der Waals surface area contributed by atoms with E-state index in [1.165, 1.54) is 0 Å². The summed E-state index contributed by atoms with van der Waals surface area (Å²) < 4.78 is 0. The molecule has 0 saturated carbocycles. The van der Waals surface area contributed by atoms with Crippen LogP contribution in [-0.2, 0) is 0 Å². The predicted octanol–water partition coefficient (Wildman–Crippen LogP) is 2.38. The largest absolute Gasteiger partial charge is 0.396 e. The second-order valence-electron chi connectivity index (χ2n) is 7.43. The average molecular weight is 355 g/mol. The van der Waals surface area contributed by atoms with Crippen molar-refractivity contribution in [2.24, 2.45) is 5.92 Å². The van der Waals surface area contributed by atoms with Gasteiger partial charge in [0.2, 0.25) is 0 Å². The van der Waals surface area contributed by atoms with Crippen molar-refractivity contribution >= 4 is 5.82 Å². The number of aliphatic hydroxyl groups excluding tert-OH is 1. The first-order valence-corrected chi connectivity index (χ1v) is 9.42. The zero-order valence-corrected chi connectivity index (χ0v) is 16.0. The zero-order valence-electron chi connectivity index (χ0n) is 16.0. The summed E-state index contributed by atoms with van der Waals surface area (Å²) in [5, 5.41) is 9.49. The van der Waals surface area contributed by atoms with Gasteiger partial charge in [-0.15, -0.1) is 0 Å². The first-order valence-electron chi connectivity index (χ1n) is 9.42. The molecule has 1 aliphatic heterocycles. The molecule has 0 unspecified atom stereocenters. The molecule has 0 radical (unpaired) electrons. The number of anilines is 1. The van der Waals surface area contributed by atoms with Gasteiger partial charge < -0.3 is 10.0 Å².